The Kier molecular flexibility index (Phi) is 35.3. The number of aliphatic hydroxyl groups excluding tert-OH is 2. The molecule has 0 heterocycles. The van der Waals surface area contributed by atoms with Crippen molar-refractivity contribution in [3.63, 3.8) is 0 Å². The van der Waals surface area contributed by atoms with E-state index in [9.17, 15) is 29.3 Å². The third-order valence-electron chi connectivity index (χ3n) is 8.61. The van der Waals surface area contributed by atoms with Gasteiger partial charge in [0.15, 0.2) is 6.10 Å². The monoisotopic (exact) mass is 836 g/mol. The molecule has 0 aromatic rings. The van der Waals surface area contributed by atoms with Gasteiger partial charge < -0.3 is 38.1 Å². The Hall–Kier alpha value is -2.89. The highest BCUT2D eigenvalue weighted by Gasteiger charge is 2.22. The number of esters is 2. The molecule has 0 aromatic carbocycles. The van der Waals surface area contributed by atoms with Crippen LogP contribution in [0.4, 0.5) is 0 Å². The molecule has 0 aliphatic heterocycles. The number of allylic oxidation sites excluding steroid dienone is 13. The largest absolute Gasteiger partial charge is 0.756 e. The molecule has 0 aliphatic rings. The average Bonchev–Trinajstić information content (AvgIpc) is 3.17. The van der Waals surface area contributed by atoms with Crippen LogP contribution in [0.2, 0.25) is 0 Å². The summed E-state index contributed by atoms with van der Waals surface area (Å²) in [4.78, 5) is 37.6. The Morgan fingerprint density at radius 2 is 1.12 bits per heavy atom. The first kappa shape index (κ1) is 55.1. The number of carbonyl (C=O) groups is 2. The second-order valence-corrected chi connectivity index (χ2v) is 16.7. The van der Waals surface area contributed by atoms with Crippen molar-refractivity contribution in [1.82, 2.24) is 0 Å². The fourth-order valence-electron chi connectivity index (χ4n) is 5.17. The maximum Gasteiger partial charge on any atom is 0.306 e. The van der Waals surface area contributed by atoms with Gasteiger partial charge in [-0.3, -0.25) is 14.2 Å². The zero-order chi connectivity index (χ0) is 43.2. The number of hydrogen-bond acceptors (Lipinski definition) is 10. The van der Waals surface area contributed by atoms with Crippen molar-refractivity contribution in [2.75, 3.05) is 47.5 Å². The summed E-state index contributed by atoms with van der Waals surface area (Å²) in [6.45, 7) is 3.61. The standard InChI is InChI=1S/C46H78NO10P/c1-6-8-10-12-14-16-18-20-21-22-24-26-28-30-32-36-46(51)57-42(41-56-58(52,53)55-39-38-47(3,4)5)40-54-45(50)37-33-35-44(49)43(48)34-31-29-27-25-23-19-17-15-13-11-9-7-2/h8-11,14-17,20-21,23,25,29,31,42-44,48-49H,6-7,12-13,18-19,22,24,26-28,30,32-41H2,1-5H3/b10-8-,11-9-,16-14-,17-15-,21-20-,25-23-,31-29-/t42-,43+,44+/m1/s1. The predicted molar refractivity (Wildman–Crippen MR) is 234 cm³/mol. The van der Waals surface area contributed by atoms with Gasteiger partial charge in [0.2, 0.25) is 0 Å². The molecule has 0 spiro atoms. The van der Waals surface area contributed by atoms with Gasteiger partial charge in [-0.05, 0) is 83.5 Å². The molecule has 0 saturated carbocycles. The van der Waals surface area contributed by atoms with Crippen LogP contribution in [0.15, 0.2) is 85.1 Å². The Bertz CT molecular complexity index is 1300. The molecule has 0 radical (unpaired) electrons. The fourth-order valence-corrected chi connectivity index (χ4v) is 5.89. The minimum Gasteiger partial charge on any atom is -0.756 e. The van der Waals surface area contributed by atoms with Gasteiger partial charge in [-0.15, -0.1) is 0 Å². The summed E-state index contributed by atoms with van der Waals surface area (Å²) in [7, 11) is 0.981. The molecule has 1 unspecified atom stereocenters. The van der Waals surface area contributed by atoms with E-state index in [2.05, 4.69) is 80.7 Å². The lowest BCUT2D eigenvalue weighted by atomic mass is 10.0. The summed E-state index contributed by atoms with van der Waals surface area (Å²) in [6, 6.07) is 0. The van der Waals surface area contributed by atoms with Crippen molar-refractivity contribution in [3.05, 3.63) is 85.1 Å². The van der Waals surface area contributed by atoms with Crippen LogP contribution in [-0.4, -0.2) is 92.5 Å². The molecule has 4 atom stereocenters. The fraction of sp³-hybridized carbons (Fsp3) is 0.652. The molecule has 0 aliphatic carbocycles. The first-order valence-corrected chi connectivity index (χ1v) is 22.9. The number of hydrogen-bond donors (Lipinski definition) is 2. The van der Waals surface area contributed by atoms with Gasteiger partial charge in [0, 0.05) is 12.8 Å². The quantitative estimate of drug-likeness (QED) is 0.0204. The van der Waals surface area contributed by atoms with Gasteiger partial charge in [0.05, 0.1) is 40.0 Å². The van der Waals surface area contributed by atoms with Gasteiger partial charge in [-0.1, -0.05) is 118 Å². The Balaban J connectivity index is 4.66. The molecule has 0 amide bonds. The number of phosphoric acid groups is 1. The van der Waals surface area contributed by atoms with E-state index in [0.29, 0.717) is 17.4 Å². The maximum atomic E-state index is 12.7. The SMILES string of the molecule is CC/C=C\C/C=C\C/C=C\C/C=C\C[C@H](O)[C@@H](O)CCCC(=O)OC[C@H](COP(=O)([O-])OCC[N+](C)(C)C)OC(=O)CCCCCCC/C=C\C/C=C\C/C=C\CC. The highest BCUT2D eigenvalue weighted by atomic mass is 31.2. The highest BCUT2D eigenvalue weighted by molar-refractivity contribution is 7.45. The summed E-state index contributed by atoms with van der Waals surface area (Å²) >= 11 is 0. The maximum absolute atomic E-state index is 12.7. The summed E-state index contributed by atoms with van der Waals surface area (Å²) < 4.78 is 33.6. The van der Waals surface area contributed by atoms with E-state index in [0.717, 1.165) is 77.0 Å². The normalized spacial score (nSPS) is 15.5. The molecule has 0 fully saturated rings. The average molecular weight is 836 g/mol. The number of rotatable bonds is 37. The van der Waals surface area contributed by atoms with E-state index in [-0.39, 0.29) is 38.7 Å². The molecular formula is C46H78NO10P. The zero-order valence-corrected chi connectivity index (χ0v) is 37.3. The van der Waals surface area contributed by atoms with E-state index in [1.165, 1.54) is 0 Å². The van der Waals surface area contributed by atoms with E-state index in [1.54, 1.807) is 0 Å². The summed E-state index contributed by atoms with van der Waals surface area (Å²) in [6.07, 6.45) is 39.3. The van der Waals surface area contributed by atoms with Crippen LogP contribution in [0.3, 0.4) is 0 Å². The Morgan fingerprint density at radius 3 is 1.69 bits per heavy atom. The number of carbonyl (C=O) groups excluding carboxylic acids is 2. The molecule has 58 heavy (non-hydrogen) atoms. The van der Waals surface area contributed by atoms with Crippen LogP contribution in [0.25, 0.3) is 0 Å². The lowest BCUT2D eigenvalue weighted by Gasteiger charge is -2.28. The molecule has 332 valence electrons. The molecule has 11 nitrogen and oxygen atoms in total. The van der Waals surface area contributed by atoms with Crippen LogP contribution in [-0.2, 0) is 32.7 Å². The van der Waals surface area contributed by atoms with Crippen molar-refractivity contribution >= 4 is 19.8 Å². The van der Waals surface area contributed by atoms with Crippen LogP contribution < -0.4 is 4.89 Å². The number of nitrogens with zero attached hydrogens (tertiary/aromatic N) is 1. The Labute approximate surface area is 351 Å². The number of ether oxygens (including phenoxy) is 2. The van der Waals surface area contributed by atoms with E-state index in [4.69, 9.17) is 18.5 Å². The summed E-state index contributed by atoms with van der Waals surface area (Å²) in [5.41, 5.74) is 0. The first-order chi connectivity index (χ1) is 27.8. The van der Waals surface area contributed by atoms with E-state index >= 15 is 0 Å². The molecule has 0 aromatic heterocycles. The number of likely N-dealkylation sites (N-methyl/N-ethyl adjacent to an activating group) is 1. The minimum absolute atomic E-state index is 0.0483. The zero-order valence-electron chi connectivity index (χ0n) is 36.4. The van der Waals surface area contributed by atoms with Crippen LogP contribution >= 0.6 is 7.82 Å². The lowest BCUT2D eigenvalue weighted by Crippen LogP contribution is -2.37. The van der Waals surface area contributed by atoms with Crippen molar-refractivity contribution in [2.45, 2.75) is 148 Å². The molecule has 0 saturated heterocycles. The number of quaternary nitrogens is 1. The van der Waals surface area contributed by atoms with E-state index in [1.807, 2.05) is 39.4 Å². The minimum atomic E-state index is -4.70. The number of phosphoric ester groups is 1. The van der Waals surface area contributed by atoms with Gasteiger partial charge in [0.1, 0.15) is 19.8 Å². The second kappa shape index (κ2) is 37.1. The van der Waals surface area contributed by atoms with Crippen molar-refractivity contribution in [2.24, 2.45) is 0 Å². The molecular weight excluding hydrogens is 757 g/mol. The smallest absolute Gasteiger partial charge is 0.306 e. The number of aliphatic hydroxyl groups is 2. The van der Waals surface area contributed by atoms with Crippen molar-refractivity contribution < 1.29 is 52.3 Å². The Morgan fingerprint density at radius 1 is 0.621 bits per heavy atom. The molecule has 0 rings (SSSR count). The van der Waals surface area contributed by atoms with Crippen LogP contribution in [0.5, 0.6) is 0 Å². The third kappa shape index (κ3) is 38.6. The molecule has 0 bridgehead atoms. The predicted octanol–water partition coefficient (Wildman–Crippen LogP) is 9.33. The van der Waals surface area contributed by atoms with Crippen LogP contribution in [0.1, 0.15) is 129 Å². The van der Waals surface area contributed by atoms with Gasteiger partial charge >= 0.3 is 11.9 Å². The van der Waals surface area contributed by atoms with Gasteiger partial charge in [-0.25, -0.2) is 0 Å². The van der Waals surface area contributed by atoms with Crippen molar-refractivity contribution in [1.29, 1.82) is 0 Å². The topological polar surface area (TPSA) is 152 Å². The first-order valence-electron chi connectivity index (χ1n) is 21.5. The number of unbranched alkanes of at least 4 members (excludes halogenated alkanes) is 5. The summed E-state index contributed by atoms with van der Waals surface area (Å²) in [5.74, 6) is -1.15. The molecule has 2 N–H and O–H groups in total. The summed E-state index contributed by atoms with van der Waals surface area (Å²) in [5, 5.41) is 20.7. The van der Waals surface area contributed by atoms with Crippen molar-refractivity contribution in [3.8, 4) is 0 Å². The second-order valence-electron chi connectivity index (χ2n) is 15.2. The highest BCUT2D eigenvalue weighted by Crippen LogP contribution is 2.38. The van der Waals surface area contributed by atoms with E-state index < -0.39 is 51.3 Å². The van der Waals surface area contributed by atoms with Gasteiger partial charge in [-0.2, -0.15) is 0 Å². The van der Waals surface area contributed by atoms with Gasteiger partial charge in [0.25, 0.3) is 7.82 Å². The van der Waals surface area contributed by atoms with Crippen LogP contribution in [0, 0.1) is 0 Å². The molecule has 12 heteroatoms. The lowest BCUT2D eigenvalue weighted by molar-refractivity contribution is -0.870. The third-order valence-corrected chi connectivity index (χ3v) is 9.58.